The lowest BCUT2D eigenvalue weighted by Crippen LogP contribution is -3.08. The number of hydrogen-bond acceptors (Lipinski definition) is 1. The van der Waals surface area contributed by atoms with Crippen LogP contribution < -0.4 is 5.06 Å². The fourth-order valence-corrected chi connectivity index (χ4v) is 2.20. The summed E-state index contributed by atoms with van der Waals surface area (Å²) < 4.78 is 0. The van der Waals surface area contributed by atoms with Crippen molar-refractivity contribution in [3.63, 3.8) is 0 Å². The second kappa shape index (κ2) is 2.82. The normalized spacial score (nSPS) is 25.3. The zero-order chi connectivity index (χ0) is 9.47. The number of rotatable bonds is 0. The van der Waals surface area contributed by atoms with Crippen LogP contribution in [0.15, 0.2) is 24.3 Å². The van der Waals surface area contributed by atoms with E-state index in [-0.39, 0.29) is 5.41 Å². The van der Waals surface area contributed by atoms with Crippen LogP contribution in [0.5, 0.6) is 0 Å². The van der Waals surface area contributed by atoms with Crippen molar-refractivity contribution in [1.29, 1.82) is 0 Å². The molecule has 2 nitrogen and oxygen atoms in total. The molecule has 1 aromatic carbocycles. The van der Waals surface area contributed by atoms with E-state index in [4.69, 9.17) is 0 Å². The molecule has 1 unspecified atom stereocenters. The Bertz CT molecular complexity index is 320. The molecule has 1 aliphatic heterocycles. The monoisotopic (exact) mass is 177 g/mol. The summed E-state index contributed by atoms with van der Waals surface area (Å²) in [7, 11) is 0. The third-order valence-corrected chi connectivity index (χ3v) is 2.77. The summed E-state index contributed by atoms with van der Waals surface area (Å²) in [5, 5.41) is 11.8. The first-order valence-corrected chi connectivity index (χ1v) is 4.70. The summed E-state index contributed by atoms with van der Waals surface area (Å²) >= 11 is 0. The molecule has 13 heavy (non-hydrogen) atoms. The largest absolute Gasteiger partial charge is 0.634 e. The van der Waals surface area contributed by atoms with Gasteiger partial charge in [-0.15, -0.1) is 0 Å². The van der Waals surface area contributed by atoms with Gasteiger partial charge in [0.05, 0.1) is 6.54 Å². The summed E-state index contributed by atoms with van der Waals surface area (Å²) in [6.45, 7) is 5.59. The number of hydrogen-bond donors (Lipinski definition) is 1. The topological polar surface area (TPSA) is 27.5 Å². The van der Waals surface area contributed by atoms with Gasteiger partial charge in [0.15, 0.2) is 0 Å². The quantitative estimate of drug-likeness (QED) is 0.585. The average Bonchev–Trinajstić information content (AvgIpc) is 2.02. The van der Waals surface area contributed by atoms with Gasteiger partial charge in [0, 0.05) is 11.0 Å². The number of hydroxylamine groups is 2. The van der Waals surface area contributed by atoms with E-state index in [1.54, 1.807) is 0 Å². The molecule has 0 fully saturated rings. The summed E-state index contributed by atoms with van der Waals surface area (Å²) in [4.78, 5) is 0. The van der Waals surface area contributed by atoms with E-state index in [1.165, 1.54) is 11.1 Å². The van der Waals surface area contributed by atoms with Crippen molar-refractivity contribution in [3.05, 3.63) is 40.6 Å². The third-order valence-electron chi connectivity index (χ3n) is 2.77. The van der Waals surface area contributed by atoms with Crippen LogP contribution >= 0.6 is 0 Å². The van der Waals surface area contributed by atoms with Crippen LogP contribution in [-0.4, -0.2) is 6.54 Å². The first-order valence-electron chi connectivity index (χ1n) is 4.70. The van der Waals surface area contributed by atoms with E-state index in [0.717, 1.165) is 0 Å². The predicted octanol–water partition coefficient (Wildman–Crippen LogP) is 0.860. The molecule has 0 bridgehead atoms. The highest BCUT2D eigenvalue weighted by molar-refractivity contribution is 5.33. The fraction of sp³-hybridized carbons (Fsp3) is 0.455. The highest BCUT2D eigenvalue weighted by Crippen LogP contribution is 2.26. The molecule has 2 heteroatoms. The molecular formula is C11H15NO. The van der Waals surface area contributed by atoms with Crippen molar-refractivity contribution in [3.8, 4) is 0 Å². The van der Waals surface area contributed by atoms with Crippen LogP contribution in [-0.2, 0) is 12.0 Å². The summed E-state index contributed by atoms with van der Waals surface area (Å²) in [6, 6.07) is 8.26. The Hall–Kier alpha value is -0.860. The Balaban J connectivity index is 2.50. The third kappa shape index (κ3) is 1.47. The van der Waals surface area contributed by atoms with Crippen molar-refractivity contribution in [1.82, 2.24) is 0 Å². The maximum Gasteiger partial charge on any atom is 0.103 e. The van der Waals surface area contributed by atoms with Gasteiger partial charge in [-0.2, -0.15) is 0 Å². The van der Waals surface area contributed by atoms with Crippen LogP contribution in [0.1, 0.15) is 25.0 Å². The summed E-state index contributed by atoms with van der Waals surface area (Å²) in [5.74, 6) is 0. The van der Waals surface area contributed by atoms with E-state index < -0.39 is 0 Å². The molecule has 1 aromatic rings. The summed E-state index contributed by atoms with van der Waals surface area (Å²) in [5.41, 5.74) is 2.59. The Kier molecular flexibility index (Phi) is 1.90. The molecule has 70 valence electrons. The lowest BCUT2D eigenvalue weighted by Gasteiger charge is -2.39. The SMILES string of the molecule is CC1(C)C[NH+]([O-])Cc2ccccc21. The second-order valence-corrected chi connectivity index (χ2v) is 4.43. The first kappa shape index (κ1) is 8.73. The minimum absolute atomic E-state index is 0.0337. The van der Waals surface area contributed by atoms with Gasteiger partial charge >= 0.3 is 0 Å². The van der Waals surface area contributed by atoms with E-state index >= 15 is 0 Å². The zero-order valence-corrected chi connectivity index (χ0v) is 8.13. The Labute approximate surface area is 78.8 Å². The first-order chi connectivity index (χ1) is 6.09. The average molecular weight is 177 g/mol. The molecule has 2 rings (SSSR count). The minimum atomic E-state index is 0.0337. The molecule has 1 atom stereocenters. The molecular weight excluding hydrogens is 162 g/mol. The Morgan fingerprint density at radius 1 is 1.31 bits per heavy atom. The van der Waals surface area contributed by atoms with E-state index in [0.29, 0.717) is 18.2 Å². The smallest absolute Gasteiger partial charge is 0.103 e. The minimum Gasteiger partial charge on any atom is -0.634 e. The van der Waals surface area contributed by atoms with Crippen molar-refractivity contribution < 1.29 is 5.06 Å². The molecule has 0 amide bonds. The van der Waals surface area contributed by atoms with Gasteiger partial charge in [-0.1, -0.05) is 38.1 Å². The molecule has 0 saturated heterocycles. The van der Waals surface area contributed by atoms with Crippen molar-refractivity contribution in [2.75, 3.05) is 6.54 Å². The lowest BCUT2D eigenvalue weighted by atomic mass is 9.79. The highest BCUT2D eigenvalue weighted by atomic mass is 16.5. The maximum absolute atomic E-state index is 11.4. The van der Waals surface area contributed by atoms with Crippen molar-refractivity contribution in [2.24, 2.45) is 0 Å². The number of fused-ring (bicyclic) bond motifs is 1. The van der Waals surface area contributed by atoms with E-state index in [9.17, 15) is 5.21 Å². The second-order valence-electron chi connectivity index (χ2n) is 4.43. The highest BCUT2D eigenvalue weighted by Gasteiger charge is 2.31. The standard InChI is InChI=1S/C11H15NO/c1-11(2)8-12(13)7-9-5-3-4-6-10(9)11/h3-6,12H,7-8H2,1-2H3. The van der Waals surface area contributed by atoms with Crippen LogP contribution in [0, 0.1) is 5.21 Å². The van der Waals surface area contributed by atoms with Gasteiger partial charge in [0.25, 0.3) is 0 Å². The molecule has 0 aliphatic carbocycles. The molecule has 0 spiro atoms. The van der Waals surface area contributed by atoms with Crippen LogP contribution in [0.3, 0.4) is 0 Å². The lowest BCUT2D eigenvalue weighted by molar-refractivity contribution is -0.869. The Morgan fingerprint density at radius 2 is 2.00 bits per heavy atom. The van der Waals surface area contributed by atoms with Crippen LogP contribution in [0.25, 0.3) is 0 Å². The van der Waals surface area contributed by atoms with E-state index in [1.807, 2.05) is 6.07 Å². The maximum atomic E-state index is 11.4. The zero-order valence-electron chi connectivity index (χ0n) is 8.13. The van der Waals surface area contributed by atoms with Crippen molar-refractivity contribution in [2.45, 2.75) is 25.8 Å². The van der Waals surface area contributed by atoms with Gasteiger partial charge in [-0.25, -0.2) is 0 Å². The molecule has 1 aliphatic rings. The van der Waals surface area contributed by atoms with Crippen LogP contribution in [0.4, 0.5) is 0 Å². The van der Waals surface area contributed by atoms with Crippen LogP contribution in [0.2, 0.25) is 0 Å². The summed E-state index contributed by atoms with van der Waals surface area (Å²) in [6.07, 6.45) is 0. The van der Waals surface area contributed by atoms with Gasteiger partial charge in [-0.05, 0) is 5.56 Å². The Morgan fingerprint density at radius 3 is 2.77 bits per heavy atom. The van der Waals surface area contributed by atoms with Gasteiger partial charge < -0.3 is 10.3 Å². The van der Waals surface area contributed by atoms with Gasteiger partial charge in [0.2, 0.25) is 0 Å². The van der Waals surface area contributed by atoms with Gasteiger partial charge in [0.1, 0.15) is 6.54 Å². The van der Waals surface area contributed by atoms with E-state index in [2.05, 4.69) is 32.0 Å². The van der Waals surface area contributed by atoms with Crippen molar-refractivity contribution >= 4 is 0 Å². The predicted molar refractivity (Wildman–Crippen MR) is 52.4 cm³/mol. The van der Waals surface area contributed by atoms with Gasteiger partial charge in [-0.3, -0.25) is 0 Å². The fourth-order valence-electron chi connectivity index (χ4n) is 2.20. The molecule has 1 heterocycles. The number of benzene rings is 1. The molecule has 1 N–H and O–H groups in total. The number of nitrogens with one attached hydrogen (secondary N) is 1. The number of quaternary nitrogens is 1. The molecule has 0 aromatic heterocycles. The molecule has 0 radical (unpaired) electrons. The molecule has 0 saturated carbocycles.